The third-order valence-electron chi connectivity index (χ3n) is 4.47. The smallest absolute Gasteiger partial charge is 0.317 e. The average molecular weight is 380 g/mol. The number of carboxylic acid groups (broad SMARTS) is 2. The zero-order chi connectivity index (χ0) is 19.8. The van der Waals surface area contributed by atoms with Crippen LogP contribution >= 0.6 is 0 Å². The van der Waals surface area contributed by atoms with Crippen LogP contribution in [0.5, 0.6) is 0 Å². The number of benzene rings is 1. The van der Waals surface area contributed by atoms with Crippen LogP contribution in [0.15, 0.2) is 24.3 Å². The lowest BCUT2D eigenvalue weighted by molar-refractivity contribution is -0.384. The molecule has 0 spiro atoms. The molecule has 1 aromatic carbocycles. The van der Waals surface area contributed by atoms with E-state index < -0.39 is 16.9 Å². The molecule has 1 aliphatic rings. The molecule has 0 aromatic heterocycles. The first-order chi connectivity index (χ1) is 12.8. The van der Waals surface area contributed by atoms with E-state index >= 15 is 0 Å². The first-order valence-electron chi connectivity index (χ1n) is 8.67. The lowest BCUT2D eigenvalue weighted by Crippen LogP contribution is -2.40. The Hall–Kier alpha value is -2.56. The molecule has 0 bridgehead atoms. The summed E-state index contributed by atoms with van der Waals surface area (Å²) in [7, 11) is 0. The number of rotatable bonds is 7. The van der Waals surface area contributed by atoms with Gasteiger partial charge in [0.2, 0.25) is 0 Å². The fourth-order valence-corrected chi connectivity index (χ4v) is 3.02. The van der Waals surface area contributed by atoms with Crippen molar-refractivity contribution >= 4 is 17.6 Å². The van der Waals surface area contributed by atoms with E-state index in [0.717, 1.165) is 5.56 Å². The van der Waals surface area contributed by atoms with Gasteiger partial charge in [0.25, 0.3) is 5.69 Å². The van der Waals surface area contributed by atoms with Gasteiger partial charge in [-0.15, -0.1) is 0 Å². The van der Waals surface area contributed by atoms with Crippen molar-refractivity contribution in [1.82, 2.24) is 14.7 Å². The van der Waals surface area contributed by atoms with Crippen molar-refractivity contribution in [2.45, 2.75) is 6.54 Å². The third-order valence-corrected chi connectivity index (χ3v) is 4.47. The summed E-state index contributed by atoms with van der Waals surface area (Å²) in [6.45, 7) is 3.73. The number of carbonyl (C=O) groups is 2. The maximum absolute atomic E-state index is 11.1. The molecule has 10 heteroatoms. The lowest BCUT2D eigenvalue weighted by atomic mass is 10.2. The number of nitro groups is 1. The second kappa shape index (κ2) is 9.95. The van der Waals surface area contributed by atoms with Gasteiger partial charge in [0.05, 0.1) is 18.0 Å². The van der Waals surface area contributed by atoms with Gasteiger partial charge in [0.15, 0.2) is 0 Å². The minimum atomic E-state index is -0.916. The molecule has 0 radical (unpaired) electrons. The van der Waals surface area contributed by atoms with Gasteiger partial charge >= 0.3 is 11.9 Å². The monoisotopic (exact) mass is 380 g/mol. The molecule has 2 rings (SSSR count). The summed E-state index contributed by atoms with van der Waals surface area (Å²) in [6, 6.07) is 6.32. The van der Waals surface area contributed by atoms with Crippen molar-refractivity contribution in [3.8, 4) is 0 Å². The summed E-state index contributed by atoms with van der Waals surface area (Å²) < 4.78 is 0. The highest BCUT2D eigenvalue weighted by Gasteiger charge is 2.19. The largest absolute Gasteiger partial charge is 0.480 e. The van der Waals surface area contributed by atoms with Gasteiger partial charge < -0.3 is 10.2 Å². The van der Waals surface area contributed by atoms with Crippen molar-refractivity contribution in [3.05, 3.63) is 39.9 Å². The quantitative estimate of drug-likeness (QED) is 0.503. The average Bonchev–Trinajstić information content (AvgIpc) is 2.68. The zero-order valence-electron chi connectivity index (χ0n) is 15.0. The standard InChI is InChI=1S/C17H24N4O6/c22-16(23)12-19-7-5-18(6-8-20(10-9-19)13-17(24)25)11-14-1-3-15(4-2-14)21(26)27/h1-4H,5-13H2,(H,22,23)(H,24,25). The zero-order valence-corrected chi connectivity index (χ0v) is 15.0. The molecule has 1 fully saturated rings. The summed E-state index contributed by atoms with van der Waals surface area (Å²) >= 11 is 0. The van der Waals surface area contributed by atoms with Crippen LogP contribution in [0, 0.1) is 10.1 Å². The maximum atomic E-state index is 11.1. The molecule has 1 aliphatic heterocycles. The van der Waals surface area contributed by atoms with E-state index in [1.807, 2.05) is 0 Å². The van der Waals surface area contributed by atoms with Gasteiger partial charge in [0.1, 0.15) is 0 Å². The highest BCUT2D eigenvalue weighted by molar-refractivity contribution is 5.69. The molecule has 0 amide bonds. The van der Waals surface area contributed by atoms with E-state index in [-0.39, 0.29) is 18.8 Å². The van der Waals surface area contributed by atoms with E-state index in [4.69, 9.17) is 10.2 Å². The topological polar surface area (TPSA) is 127 Å². The van der Waals surface area contributed by atoms with Crippen molar-refractivity contribution in [2.24, 2.45) is 0 Å². The number of non-ortho nitro benzene ring substituents is 1. The van der Waals surface area contributed by atoms with Crippen LogP contribution in [-0.4, -0.2) is 94.1 Å². The van der Waals surface area contributed by atoms with Crippen molar-refractivity contribution in [2.75, 3.05) is 52.4 Å². The van der Waals surface area contributed by atoms with Crippen LogP contribution < -0.4 is 0 Å². The molecule has 1 saturated heterocycles. The number of nitrogens with zero attached hydrogens (tertiary/aromatic N) is 4. The molecule has 10 nitrogen and oxygen atoms in total. The summed E-state index contributed by atoms with van der Waals surface area (Å²) in [4.78, 5) is 38.1. The summed E-state index contributed by atoms with van der Waals surface area (Å²) in [5.74, 6) is -1.83. The highest BCUT2D eigenvalue weighted by atomic mass is 16.6. The molecule has 1 heterocycles. The first kappa shape index (κ1) is 20.7. The van der Waals surface area contributed by atoms with Gasteiger partial charge in [-0.1, -0.05) is 12.1 Å². The molecule has 0 unspecified atom stereocenters. The predicted octanol–water partition coefficient (Wildman–Crippen LogP) is 0.184. The predicted molar refractivity (Wildman–Crippen MR) is 96.5 cm³/mol. The Balaban J connectivity index is 2.05. The molecule has 148 valence electrons. The molecule has 0 atom stereocenters. The Bertz CT molecular complexity index is 638. The Morgan fingerprint density at radius 1 is 0.852 bits per heavy atom. The summed E-state index contributed by atoms with van der Waals surface area (Å²) in [5.41, 5.74) is 0.942. The molecular weight excluding hydrogens is 356 g/mol. The number of aliphatic carboxylic acids is 2. The van der Waals surface area contributed by atoms with Crippen molar-refractivity contribution in [3.63, 3.8) is 0 Å². The third kappa shape index (κ3) is 7.29. The van der Waals surface area contributed by atoms with Gasteiger partial charge in [-0.05, 0) is 5.56 Å². The van der Waals surface area contributed by atoms with Crippen LogP contribution in [0.1, 0.15) is 5.56 Å². The number of hydrogen-bond donors (Lipinski definition) is 2. The van der Waals surface area contributed by atoms with E-state index in [9.17, 15) is 19.7 Å². The lowest BCUT2D eigenvalue weighted by Gasteiger charge is -2.25. The SMILES string of the molecule is O=C(O)CN1CCN(CC(=O)O)CCN(Cc2ccc([N+](=O)[O-])cc2)CC1. The van der Waals surface area contributed by atoms with Gasteiger partial charge in [-0.25, -0.2) is 0 Å². The Labute approximate surface area is 156 Å². The minimum Gasteiger partial charge on any atom is -0.480 e. The fraction of sp³-hybridized carbons (Fsp3) is 0.529. The Morgan fingerprint density at radius 2 is 1.26 bits per heavy atom. The molecule has 2 N–H and O–H groups in total. The normalized spacial score (nSPS) is 17.6. The minimum absolute atomic E-state index is 0.0310. The molecular formula is C17H24N4O6. The summed E-state index contributed by atoms with van der Waals surface area (Å²) in [5, 5.41) is 28.9. The highest BCUT2D eigenvalue weighted by Crippen LogP contribution is 2.14. The number of nitro benzene ring substituents is 1. The van der Waals surface area contributed by atoms with E-state index in [0.29, 0.717) is 45.8 Å². The van der Waals surface area contributed by atoms with E-state index in [1.165, 1.54) is 12.1 Å². The van der Waals surface area contributed by atoms with Crippen LogP contribution in [0.25, 0.3) is 0 Å². The van der Waals surface area contributed by atoms with Crippen molar-refractivity contribution < 1.29 is 24.7 Å². The molecule has 0 aliphatic carbocycles. The van der Waals surface area contributed by atoms with Crippen LogP contribution in [0.3, 0.4) is 0 Å². The Kier molecular flexibility index (Phi) is 7.65. The number of hydrogen-bond acceptors (Lipinski definition) is 7. The second-order valence-electron chi connectivity index (χ2n) is 6.54. The fourth-order valence-electron chi connectivity index (χ4n) is 3.02. The van der Waals surface area contributed by atoms with E-state index in [2.05, 4.69) is 4.90 Å². The van der Waals surface area contributed by atoms with E-state index in [1.54, 1.807) is 21.9 Å². The van der Waals surface area contributed by atoms with Crippen molar-refractivity contribution in [1.29, 1.82) is 0 Å². The Morgan fingerprint density at radius 3 is 1.63 bits per heavy atom. The first-order valence-corrected chi connectivity index (χ1v) is 8.67. The maximum Gasteiger partial charge on any atom is 0.317 e. The molecule has 27 heavy (non-hydrogen) atoms. The number of carboxylic acids is 2. The summed E-state index contributed by atoms with van der Waals surface area (Å²) in [6.07, 6.45) is 0. The molecule has 0 saturated carbocycles. The van der Waals surface area contributed by atoms with Crippen LogP contribution in [0.2, 0.25) is 0 Å². The molecule has 1 aromatic rings. The van der Waals surface area contributed by atoms with Gasteiger partial charge in [-0.2, -0.15) is 0 Å². The van der Waals surface area contributed by atoms with Crippen LogP contribution in [0.4, 0.5) is 5.69 Å². The van der Waals surface area contributed by atoms with Gasteiger partial charge in [-0.3, -0.25) is 34.4 Å². The second-order valence-corrected chi connectivity index (χ2v) is 6.54. The van der Waals surface area contributed by atoms with Crippen LogP contribution in [-0.2, 0) is 16.1 Å². The van der Waals surface area contributed by atoms with Gasteiger partial charge in [0, 0.05) is 57.9 Å².